The van der Waals surface area contributed by atoms with Gasteiger partial charge in [0, 0.05) is 0 Å². The van der Waals surface area contributed by atoms with Crippen LogP contribution >= 0.6 is 11.6 Å². The first-order valence-electron chi connectivity index (χ1n) is 9.56. The second-order valence-electron chi connectivity index (χ2n) is 6.75. The largest absolute Gasteiger partial charge is 0.497 e. The Hall–Kier alpha value is -4.08. The Labute approximate surface area is 190 Å². The molecular weight excluding hydrogens is 428 g/mol. The van der Waals surface area contributed by atoms with Crippen molar-refractivity contribution < 1.29 is 19.1 Å². The molecule has 7 heteroatoms. The molecule has 160 valence electrons. The van der Waals surface area contributed by atoms with E-state index in [0.29, 0.717) is 27.6 Å². The highest BCUT2D eigenvalue weighted by Crippen LogP contribution is 2.26. The zero-order valence-electron chi connectivity index (χ0n) is 17.4. The number of ether oxygens (including phenoxy) is 2. The number of hydrogen-bond donors (Lipinski definition) is 1. The third-order valence-corrected chi connectivity index (χ3v) is 4.85. The summed E-state index contributed by atoms with van der Waals surface area (Å²) in [7, 11) is 1.54. The number of esters is 1. The number of aryl methyl sites for hydroxylation is 1. The highest BCUT2D eigenvalue weighted by molar-refractivity contribution is 6.34. The molecule has 3 aromatic rings. The molecule has 0 aliphatic heterocycles. The van der Waals surface area contributed by atoms with Crippen molar-refractivity contribution in [1.82, 2.24) is 0 Å². The van der Waals surface area contributed by atoms with E-state index in [1.54, 1.807) is 73.7 Å². The number of hydrogen-bond acceptors (Lipinski definition) is 5. The van der Waals surface area contributed by atoms with E-state index in [2.05, 4.69) is 5.32 Å². The minimum absolute atomic E-state index is 0.122. The van der Waals surface area contributed by atoms with Crippen LogP contribution < -0.4 is 14.8 Å². The number of amides is 1. The lowest BCUT2D eigenvalue weighted by atomic mass is 10.1. The Balaban J connectivity index is 1.77. The molecule has 0 atom stereocenters. The number of carbonyl (C=O) groups excluding carboxylic acids is 2. The summed E-state index contributed by atoms with van der Waals surface area (Å²) in [5.74, 6) is -0.229. The minimum atomic E-state index is -0.593. The van der Waals surface area contributed by atoms with E-state index in [9.17, 15) is 14.9 Å². The third-order valence-electron chi connectivity index (χ3n) is 4.53. The van der Waals surface area contributed by atoms with Crippen LogP contribution in [0.5, 0.6) is 11.5 Å². The number of methoxy groups -OCH3 is 1. The molecule has 0 saturated carbocycles. The van der Waals surface area contributed by atoms with E-state index >= 15 is 0 Å². The molecule has 0 heterocycles. The monoisotopic (exact) mass is 446 g/mol. The standard InChI is InChI=1S/C25H19ClN2O4/c1-16-5-3-8-22(26)23(16)28-24(29)19(15-27)13-17-6-4-7-21(14-17)32-25(30)18-9-11-20(31-2)12-10-18/h3-14H,1-2H3,(H,28,29)/b19-13+. The molecular formula is C25H19ClN2O4. The molecule has 0 fully saturated rings. The van der Waals surface area contributed by atoms with Crippen molar-refractivity contribution in [3.8, 4) is 17.6 Å². The van der Waals surface area contributed by atoms with Crippen LogP contribution in [0.1, 0.15) is 21.5 Å². The summed E-state index contributed by atoms with van der Waals surface area (Å²) in [6, 6.07) is 20.2. The zero-order chi connectivity index (χ0) is 23.1. The molecule has 6 nitrogen and oxygen atoms in total. The minimum Gasteiger partial charge on any atom is -0.497 e. The van der Waals surface area contributed by atoms with Crippen LogP contribution in [0.25, 0.3) is 6.08 Å². The maximum Gasteiger partial charge on any atom is 0.343 e. The molecule has 0 bridgehead atoms. The number of nitrogens with one attached hydrogen (secondary N) is 1. The number of rotatable bonds is 6. The van der Waals surface area contributed by atoms with Crippen molar-refractivity contribution in [2.45, 2.75) is 6.92 Å². The van der Waals surface area contributed by atoms with Crippen molar-refractivity contribution in [2.24, 2.45) is 0 Å². The predicted molar refractivity (Wildman–Crippen MR) is 123 cm³/mol. The van der Waals surface area contributed by atoms with Crippen LogP contribution in [-0.2, 0) is 4.79 Å². The fourth-order valence-corrected chi connectivity index (χ4v) is 3.12. The lowest BCUT2D eigenvalue weighted by Crippen LogP contribution is -2.14. The molecule has 1 amide bonds. The molecule has 0 radical (unpaired) electrons. The van der Waals surface area contributed by atoms with Gasteiger partial charge in [0.2, 0.25) is 0 Å². The second-order valence-corrected chi connectivity index (χ2v) is 7.15. The lowest BCUT2D eigenvalue weighted by Gasteiger charge is -2.10. The van der Waals surface area contributed by atoms with Crippen LogP contribution in [0.2, 0.25) is 5.02 Å². The summed E-state index contributed by atoms with van der Waals surface area (Å²) >= 11 is 6.15. The Kier molecular flexibility index (Phi) is 7.27. The van der Waals surface area contributed by atoms with Gasteiger partial charge in [0.15, 0.2) is 0 Å². The van der Waals surface area contributed by atoms with Gasteiger partial charge in [-0.25, -0.2) is 4.79 Å². The molecule has 3 aromatic carbocycles. The third kappa shape index (κ3) is 5.54. The van der Waals surface area contributed by atoms with Crippen molar-refractivity contribution in [3.05, 3.63) is 94.0 Å². The van der Waals surface area contributed by atoms with Crippen LogP contribution in [0.15, 0.2) is 72.3 Å². The van der Waals surface area contributed by atoms with Crippen molar-refractivity contribution >= 4 is 35.2 Å². The van der Waals surface area contributed by atoms with Gasteiger partial charge in [0.1, 0.15) is 23.1 Å². The summed E-state index contributed by atoms with van der Waals surface area (Å²) in [5, 5.41) is 12.5. The van der Waals surface area contributed by atoms with Gasteiger partial charge >= 0.3 is 5.97 Å². The first-order valence-corrected chi connectivity index (χ1v) is 9.93. The SMILES string of the molecule is COc1ccc(C(=O)Oc2cccc(/C=C(\C#N)C(=O)Nc3c(C)cccc3Cl)c2)cc1. The van der Waals surface area contributed by atoms with Crippen LogP contribution in [0.4, 0.5) is 5.69 Å². The number of nitrogens with zero attached hydrogens (tertiary/aromatic N) is 1. The lowest BCUT2D eigenvalue weighted by molar-refractivity contribution is -0.112. The molecule has 0 aliphatic carbocycles. The number of carbonyl (C=O) groups is 2. The van der Waals surface area contributed by atoms with E-state index in [1.807, 2.05) is 6.07 Å². The molecule has 3 rings (SSSR count). The number of benzene rings is 3. The summed E-state index contributed by atoms with van der Waals surface area (Å²) in [6.45, 7) is 1.80. The predicted octanol–water partition coefficient (Wildman–Crippen LogP) is 5.42. The Morgan fingerprint density at radius 3 is 2.41 bits per heavy atom. The van der Waals surface area contributed by atoms with E-state index in [1.165, 1.54) is 13.2 Å². The van der Waals surface area contributed by atoms with Gasteiger partial charge in [0.25, 0.3) is 5.91 Å². The summed E-state index contributed by atoms with van der Waals surface area (Å²) in [5.41, 5.74) is 1.98. The van der Waals surface area contributed by atoms with E-state index in [4.69, 9.17) is 21.1 Å². The average Bonchev–Trinajstić information content (AvgIpc) is 2.80. The summed E-state index contributed by atoms with van der Waals surface area (Å²) in [6.07, 6.45) is 1.41. The Bertz CT molecular complexity index is 1210. The smallest absolute Gasteiger partial charge is 0.343 e. The first-order chi connectivity index (χ1) is 15.4. The van der Waals surface area contributed by atoms with Gasteiger partial charge in [0.05, 0.1) is 23.4 Å². The maximum atomic E-state index is 12.6. The fourth-order valence-electron chi connectivity index (χ4n) is 2.85. The van der Waals surface area contributed by atoms with E-state index < -0.39 is 11.9 Å². The van der Waals surface area contributed by atoms with Gasteiger partial charge < -0.3 is 14.8 Å². The maximum absolute atomic E-state index is 12.6. The Morgan fingerprint density at radius 2 is 1.75 bits per heavy atom. The average molecular weight is 447 g/mol. The van der Waals surface area contributed by atoms with Gasteiger partial charge in [-0.05, 0) is 66.6 Å². The molecule has 0 aromatic heterocycles. The Morgan fingerprint density at radius 1 is 1.03 bits per heavy atom. The van der Waals surface area contributed by atoms with Crippen LogP contribution in [0, 0.1) is 18.3 Å². The van der Waals surface area contributed by atoms with E-state index in [0.717, 1.165) is 5.56 Å². The molecule has 32 heavy (non-hydrogen) atoms. The number of para-hydroxylation sites is 1. The molecule has 0 saturated heterocycles. The zero-order valence-corrected chi connectivity index (χ0v) is 18.1. The van der Waals surface area contributed by atoms with Crippen molar-refractivity contribution in [1.29, 1.82) is 5.26 Å². The van der Waals surface area contributed by atoms with Crippen LogP contribution in [0.3, 0.4) is 0 Å². The summed E-state index contributed by atoms with van der Waals surface area (Å²) < 4.78 is 10.5. The topological polar surface area (TPSA) is 88.4 Å². The number of nitriles is 1. The van der Waals surface area contributed by atoms with E-state index in [-0.39, 0.29) is 11.3 Å². The van der Waals surface area contributed by atoms with Gasteiger partial charge in [-0.1, -0.05) is 35.9 Å². The van der Waals surface area contributed by atoms with Crippen molar-refractivity contribution in [3.63, 3.8) is 0 Å². The summed E-state index contributed by atoms with van der Waals surface area (Å²) in [4.78, 5) is 25.0. The number of anilines is 1. The van der Waals surface area contributed by atoms with Crippen molar-refractivity contribution in [2.75, 3.05) is 12.4 Å². The molecule has 0 spiro atoms. The highest BCUT2D eigenvalue weighted by Gasteiger charge is 2.14. The quantitative estimate of drug-likeness (QED) is 0.236. The molecule has 1 N–H and O–H groups in total. The second kappa shape index (κ2) is 10.3. The first kappa shape index (κ1) is 22.6. The van der Waals surface area contributed by atoms with Gasteiger partial charge in [-0.2, -0.15) is 5.26 Å². The molecule has 0 unspecified atom stereocenters. The van der Waals surface area contributed by atoms with Gasteiger partial charge in [-0.3, -0.25) is 4.79 Å². The van der Waals surface area contributed by atoms with Crippen LogP contribution in [-0.4, -0.2) is 19.0 Å². The molecule has 0 aliphatic rings. The highest BCUT2D eigenvalue weighted by atomic mass is 35.5. The normalized spacial score (nSPS) is 10.8. The fraction of sp³-hybridized carbons (Fsp3) is 0.0800. The number of halogens is 1. The van der Waals surface area contributed by atoms with Gasteiger partial charge in [-0.15, -0.1) is 0 Å².